The van der Waals surface area contributed by atoms with E-state index in [0.717, 1.165) is 66.7 Å². The first-order valence-electron chi connectivity index (χ1n) is 17.3. The SMILES string of the molecule is O=C([O-])Oc1ccc(C2(c3ccccc3)CCCCC2)cc1-c1ccc(CCc2ccc(N(c3ccccc3)c3ccccc3)cc2)cc1. The highest BCUT2D eigenvalue weighted by Gasteiger charge is 2.36. The van der Waals surface area contributed by atoms with E-state index in [0.29, 0.717) is 5.75 Å². The predicted octanol–water partition coefficient (Wildman–Crippen LogP) is 10.6. The summed E-state index contributed by atoms with van der Waals surface area (Å²) in [6, 6.07) is 54.8. The lowest BCUT2D eigenvalue weighted by atomic mass is 9.65. The van der Waals surface area contributed by atoms with Gasteiger partial charge in [-0.05, 0) is 102 Å². The minimum Gasteiger partial charge on any atom is -0.513 e. The van der Waals surface area contributed by atoms with Crippen LogP contribution in [0.4, 0.5) is 21.9 Å². The van der Waals surface area contributed by atoms with E-state index < -0.39 is 6.16 Å². The molecule has 0 heterocycles. The zero-order chi connectivity index (χ0) is 33.5. The molecule has 0 unspecified atom stereocenters. The van der Waals surface area contributed by atoms with Gasteiger partial charge in [-0.25, -0.2) is 0 Å². The molecular weight excluding hydrogens is 602 g/mol. The molecule has 1 fully saturated rings. The van der Waals surface area contributed by atoms with Crippen LogP contribution < -0.4 is 14.7 Å². The molecule has 0 spiro atoms. The van der Waals surface area contributed by atoms with Crippen LogP contribution in [0.15, 0.2) is 158 Å². The van der Waals surface area contributed by atoms with E-state index >= 15 is 0 Å². The van der Waals surface area contributed by atoms with Gasteiger partial charge in [0.2, 0.25) is 0 Å². The maximum Gasteiger partial charge on any atom is 0.257 e. The smallest absolute Gasteiger partial charge is 0.257 e. The Hall–Kier alpha value is -5.61. The number of hydrogen-bond acceptors (Lipinski definition) is 4. The first-order chi connectivity index (χ1) is 24.1. The Labute approximate surface area is 289 Å². The van der Waals surface area contributed by atoms with E-state index in [1.54, 1.807) is 6.07 Å². The summed E-state index contributed by atoms with van der Waals surface area (Å²) in [6.07, 6.45) is 5.93. The van der Waals surface area contributed by atoms with Gasteiger partial charge in [0, 0.05) is 28.0 Å². The van der Waals surface area contributed by atoms with E-state index in [-0.39, 0.29) is 5.41 Å². The molecule has 6 aromatic rings. The molecule has 0 bridgehead atoms. The highest BCUT2D eigenvalue weighted by molar-refractivity contribution is 5.77. The molecule has 6 aromatic carbocycles. The molecule has 49 heavy (non-hydrogen) atoms. The minimum atomic E-state index is -1.55. The van der Waals surface area contributed by atoms with Crippen LogP contribution in [-0.4, -0.2) is 6.16 Å². The van der Waals surface area contributed by atoms with Gasteiger partial charge in [-0.3, -0.25) is 0 Å². The van der Waals surface area contributed by atoms with Crippen LogP contribution >= 0.6 is 0 Å². The van der Waals surface area contributed by atoms with Crippen LogP contribution in [0.5, 0.6) is 5.75 Å². The number of carbonyl (C=O) groups is 1. The molecule has 0 radical (unpaired) electrons. The molecule has 0 N–H and O–H groups in total. The first-order valence-corrected chi connectivity index (χ1v) is 17.3. The third-order valence-corrected chi connectivity index (χ3v) is 9.95. The summed E-state index contributed by atoms with van der Waals surface area (Å²) in [7, 11) is 0. The number of carbonyl (C=O) groups excluding carboxylic acids is 1. The van der Waals surface area contributed by atoms with Crippen LogP contribution in [0.1, 0.15) is 54.4 Å². The number of aryl methyl sites for hydroxylation is 2. The van der Waals surface area contributed by atoms with Gasteiger partial charge in [0.05, 0.1) is 5.75 Å². The lowest BCUT2D eigenvalue weighted by molar-refractivity contribution is -0.271. The Balaban J connectivity index is 1.11. The third kappa shape index (κ3) is 7.14. The van der Waals surface area contributed by atoms with Gasteiger partial charge in [-0.1, -0.05) is 128 Å². The molecule has 4 heteroatoms. The van der Waals surface area contributed by atoms with E-state index in [4.69, 9.17) is 4.74 Å². The van der Waals surface area contributed by atoms with Crippen molar-refractivity contribution in [1.29, 1.82) is 0 Å². The van der Waals surface area contributed by atoms with E-state index in [9.17, 15) is 9.90 Å². The molecule has 244 valence electrons. The van der Waals surface area contributed by atoms with Crippen molar-refractivity contribution in [3.05, 3.63) is 180 Å². The standard InChI is InChI=1S/C45H41NO3/c47-44(48)49-43-30-27-38(45(31-11-4-12-32-45)37-13-5-1-6-14-37)33-42(43)36-25-21-34(22-26-36)19-20-35-23-28-41(29-24-35)46(39-15-7-2-8-16-39)40-17-9-3-10-18-40/h1-3,5-10,13-18,21-30,33H,4,11-12,19-20,31-32H2,(H,47,48)/p-1. The molecular formula is C45H40NO3-. The molecule has 7 rings (SSSR count). The first kappa shape index (κ1) is 32.0. The van der Waals surface area contributed by atoms with Crippen molar-refractivity contribution in [3.8, 4) is 16.9 Å². The Morgan fingerprint density at radius 3 is 1.63 bits per heavy atom. The van der Waals surface area contributed by atoms with Gasteiger partial charge in [0.15, 0.2) is 0 Å². The van der Waals surface area contributed by atoms with Crippen LogP contribution in [0.2, 0.25) is 0 Å². The largest absolute Gasteiger partial charge is 0.513 e. The molecule has 0 atom stereocenters. The Morgan fingerprint density at radius 1 is 0.571 bits per heavy atom. The van der Waals surface area contributed by atoms with Gasteiger partial charge in [-0.2, -0.15) is 0 Å². The lowest BCUT2D eigenvalue weighted by Gasteiger charge is -2.39. The maximum atomic E-state index is 11.6. The molecule has 0 amide bonds. The van der Waals surface area contributed by atoms with Crippen molar-refractivity contribution in [2.45, 2.75) is 50.4 Å². The second kappa shape index (κ2) is 14.7. The number of hydrogen-bond donors (Lipinski definition) is 0. The molecule has 1 aliphatic carbocycles. The van der Waals surface area contributed by atoms with Crippen LogP contribution in [0.25, 0.3) is 11.1 Å². The van der Waals surface area contributed by atoms with Gasteiger partial charge in [0.1, 0.15) is 0 Å². The average Bonchev–Trinajstić information content (AvgIpc) is 3.16. The lowest BCUT2D eigenvalue weighted by Crippen LogP contribution is -2.30. The van der Waals surface area contributed by atoms with Crippen molar-refractivity contribution in [2.24, 2.45) is 0 Å². The molecule has 0 saturated heterocycles. The van der Waals surface area contributed by atoms with Gasteiger partial charge < -0.3 is 19.5 Å². The second-order valence-electron chi connectivity index (χ2n) is 12.9. The van der Waals surface area contributed by atoms with Gasteiger partial charge >= 0.3 is 0 Å². The minimum absolute atomic E-state index is 0.108. The predicted molar refractivity (Wildman–Crippen MR) is 197 cm³/mol. The zero-order valence-electron chi connectivity index (χ0n) is 27.6. The van der Waals surface area contributed by atoms with E-state index in [2.05, 4.69) is 138 Å². The summed E-state index contributed by atoms with van der Waals surface area (Å²) < 4.78 is 5.20. The Kier molecular flexibility index (Phi) is 9.56. The summed E-state index contributed by atoms with van der Waals surface area (Å²) in [5.41, 5.74) is 9.93. The molecule has 0 aromatic heterocycles. The summed E-state index contributed by atoms with van der Waals surface area (Å²) in [6.45, 7) is 0. The second-order valence-corrected chi connectivity index (χ2v) is 12.9. The van der Waals surface area contributed by atoms with Gasteiger partial charge in [-0.15, -0.1) is 0 Å². The van der Waals surface area contributed by atoms with Crippen molar-refractivity contribution in [2.75, 3.05) is 4.90 Å². The summed E-state index contributed by atoms with van der Waals surface area (Å²) in [5.74, 6) is 0.302. The fourth-order valence-electron chi connectivity index (χ4n) is 7.44. The van der Waals surface area contributed by atoms with Crippen molar-refractivity contribution < 1.29 is 14.6 Å². The van der Waals surface area contributed by atoms with E-state index in [1.807, 2.05) is 18.2 Å². The Morgan fingerprint density at radius 2 is 1.08 bits per heavy atom. The number of benzene rings is 6. The highest BCUT2D eigenvalue weighted by Crippen LogP contribution is 2.47. The van der Waals surface area contributed by atoms with Crippen LogP contribution in [0.3, 0.4) is 0 Å². The monoisotopic (exact) mass is 642 g/mol. The van der Waals surface area contributed by atoms with E-state index in [1.165, 1.54) is 28.7 Å². The third-order valence-electron chi connectivity index (χ3n) is 9.95. The van der Waals surface area contributed by atoms with Gasteiger partial charge in [0.25, 0.3) is 6.16 Å². The van der Waals surface area contributed by atoms with Crippen molar-refractivity contribution in [1.82, 2.24) is 0 Å². The number of carboxylic acid groups (broad SMARTS) is 1. The average molecular weight is 643 g/mol. The molecule has 4 nitrogen and oxygen atoms in total. The van der Waals surface area contributed by atoms with Crippen LogP contribution in [0, 0.1) is 0 Å². The molecule has 1 aliphatic rings. The fraction of sp³-hybridized carbons (Fsp3) is 0.178. The number of para-hydroxylation sites is 2. The fourth-order valence-corrected chi connectivity index (χ4v) is 7.44. The number of nitrogens with zero attached hydrogens (tertiary/aromatic N) is 1. The number of ether oxygens (including phenoxy) is 1. The molecule has 1 saturated carbocycles. The Bertz CT molecular complexity index is 1930. The summed E-state index contributed by atoms with van der Waals surface area (Å²) >= 11 is 0. The summed E-state index contributed by atoms with van der Waals surface area (Å²) in [4.78, 5) is 13.8. The number of anilines is 3. The van der Waals surface area contributed by atoms with Crippen LogP contribution in [-0.2, 0) is 18.3 Å². The number of rotatable bonds is 10. The maximum absolute atomic E-state index is 11.6. The highest BCUT2D eigenvalue weighted by atomic mass is 16.7. The molecule has 0 aliphatic heterocycles. The quantitative estimate of drug-likeness (QED) is 0.110. The summed E-state index contributed by atoms with van der Waals surface area (Å²) in [5, 5.41) is 11.6. The van der Waals surface area contributed by atoms with Crippen molar-refractivity contribution in [3.63, 3.8) is 0 Å². The topological polar surface area (TPSA) is 52.6 Å². The normalized spacial score (nSPS) is 13.8. The zero-order valence-corrected chi connectivity index (χ0v) is 27.6. The van der Waals surface area contributed by atoms with Crippen molar-refractivity contribution >= 4 is 23.2 Å².